The molecule has 3 fully saturated rings. The number of nitrogens with zero attached hydrogens (tertiary/aromatic N) is 3. The molecule has 1 amide bonds. The van der Waals surface area contributed by atoms with Crippen LogP contribution in [0.4, 0.5) is 0 Å². The van der Waals surface area contributed by atoms with Gasteiger partial charge in [-0.15, -0.1) is 6.58 Å². The van der Waals surface area contributed by atoms with Crippen molar-refractivity contribution in [2.24, 2.45) is 28.8 Å². The normalized spacial score (nSPS) is 29.0. The highest BCUT2D eigenvalue weighted by atomic mass is 16.7. The molecule has 3 aliphatic carbocycles. The molecule has 0 radical (unpaired) electrons. The Hall–Kier alpha value is -2.92. The fourth-order valence-corrected chi connectivity index (χ4v) is 8.69. The van der Waals surface area contributed by atoms with E-state index in [1.54, 1.807) is 6.08 Å². The molecule has 1 aromatic carbocycles. The lowest BCUT2D eigenvalue weighted by Crippen LogP contribution is -2.70. The van der Waals surface area contributed by atoms with Crippen molar-refractivity contribution >= 4 is 11.6 Å². The van der Waals surface area contributed by atoms with Crippen molar-refractivity contribution in [3.63, 3.8) is 0 Å². The van der Waals surface area contributed by atoms with Gasteiger partial charge in [-0.3, -0.25) is 9.69 Å². The van der Waals surface area contributed by atoms with Crippen LogP contribution in [0.25, 0.3) is 0 Å². The number of carbonyl (C=O) groups is 1. The smallest absolute Gasteiger partial charge is 0.239 e. The Morgan fingerprint density at radius 3 is 2.60 bits per heavy atom. The molecular formula is C40H59N3O7. The average Bonchev–Trinajstić information content (AvgIpc) is 4.06. The Labute approximate surface area is 298 Å². The van der Waals surface area contributed by atoms with Gasteiger partial charge in [0.1, 0.15) is 30.8 Å². The highest BCUT2D eigenvalue weighted by Gasteiger charge is 2.65. The molecule has 6 unspecified atom stereocenters. The van der Waals surface area contributed by atoms with Crippen molar-refractivity contribution in [1.29, 1.82) is 0 Å². The quantitative estimate of drug-likeness (QED) is 0.0732. The first kappa shape index (κ1) is 36.9. The molecule has 0 bridgehead atoms. The van der Waals surface area contributed by atoms with E-state index in [0.29, 0.717) is 26.2 Å². The largest absolute Gasteiger partial charge is 0.492 e. The maximum atomic E-state index is 14.2. The van der Waals surface area contributed by atoms with E-state index in [9.17, 15) is 15.0 Å². The number of hydrogen-bond acceptors (Lipinski definition) is 9. The monoisotopic (exact) mass is 693 g/mol. The molecule has 5 aliphatic rings. The second-order valence-electron chi connectivity index (χ2n) is 14.7. The Morgan fingerprint density at radius 2 is 1.92 bits per heavy atom. The lowest BCUT2D eigenvalue weighted by molar-refractivity contribution is -0.257. The number of benzene rings is 1. The van der Waals surface area contributed by atoms with Crippen molar-refractivity contribution in [3.05, 3.63) is 48.1 Å². The molecule has 2 aliphatic heterocycles. The van der Waals surface area contributed by atoms with Gasteiger partial charge in [-0.05, 0) is 87.5 Å². The number of hydrogen-bond donors (Lipinski definition) is 2. The lowest BCUT2D eigenvalue weighted by atomic mass is 9.55. The third-order valence-electron chi connectivity index (χ3n) is 11.2. The predicted molar refractivity (Wildman–Crippen MR) is 193 cm³/mol. The number of fused-ring (bicyclic) bond motifs is 2. The fourth-order valence-electron chi connectivity index (χ4n) is 8.69. The first-order chi connectivity index (χ1) is 24.5. The van der Waals surface area contributed by atoms with Gasteiger partial charge in [0.05, 0.1) is 18.2 Å². The van der Waals surface area contributed by atoms with Crippen molar-refractivity contribution in [1.82, 2.24) is 9.80 Å². The minimum Gasteiger partial charge on any atom is -0.492 e. The van der Waals surface area contributed by atoms with Crippen molar-refractivity contribution < 1.29 is 34.1 Å². The van der Waals surface area contributed by atoms with Crippen LogP contribution in [0.2, 0.25) is 0 Å². The molecule has 0 aromatic heterocycles. The van der Waals surface area contributed by atoms with Crippen LogP contribution in [0.5, 0.6) is 11.5 Å². The summed E-state index contributed by atoms with van der Waals surface area (Å²) < 4.78 is 20.6. The molecule has 0 spiro atoms. The van der Waals surface area contributed by atoms with Crippen LogP contribution >= 0.6 is 0 Å². The summed E-state index contributed by atoms with van der Waals surface area (Å²) in [7, 11) is 0. The summed E-state index contributed by atoms with van der Waals surface area (Å²) in [6, 6.07) is 5.78. The highest BCUT2D eigenvalue weighted by molar-refractivity contribution is 6.03. The van der Waals surface area contributed by atoms with Gasteiger partial charge >= 0.3 is 0 Å². The number of allylic oxidation sites excluding steroid dienone is 1. The zero-order chi connectivity index (χ0) is 35.1. The predicted octanol–water partition coefficient (Wildman–Crippen LogP) is 5.68. The third kappa shape index (κ3) is 7.93. The van der Waals surface area contributed by atoms with E-state index in [2.05, 4.69) is 30.5 Å². The van der Waals surface area contributed by atoms with Gasteiger partial charge in [-0.25, -0.2) is 0 Å². The maximum absolute atomic E-state index is 14.2. The van der Waals surface area contributed by atoms with Gasteiger partial charge in [-0.2, -0.15) is 0 Å². The topological polar surface area (TPSA) is 113 Å². The van der Waals surface area contributed by atoms with Crippen LogP contribution in [0.15, 0.2) is 47.7 Å². The summed E-state index contributed by atoms with van der Waals surface area (Å²) in [6.45, 7) is 13.5. The molecule has 10 heteroatoms. The van der Waals surface area contributed by atoms with Crippen LogP contribution in [0.3, 0.4) is 0 Å². The molecule has 6 atom stereocenters. The van der Waals surface area contributed by atoms with Gasteiger partial charge < -0.3 is 34.2 Å². The molecule has 1 aromatic rings. The van der Waals surface area contributed by atoms with Crippen molar-refractivity contribution in [2.45, 2.75) is 95.8 Å². The van der Waals surface area contributed by atoms with Crippen molar-refractivity contribution in [2.75, 3.05) is 59.2 Å². The van der Waals surface area contributed by atoms with Gasteiger partial charge in [0.25, 0.3) is 0 Å². The third-order valence-corrected chi connectivity index (χ3v) is 11.2. The number of carbonyl (C=O) groups excluding carboxylic acids is 1. The van der Waals surface area contributed by atoms with Gasteiger partial charge in [0.2, 0.25) is 11.7 Å². The summed E-state index contributed by atoms with van der Waals surface area (Å²) in [6.07, 6.45) is 12.4. The Kier molecular flexibility index (Phi) is 12.6. The summed E-state index contributed by atoms with van der Waals surface area (Å²) in [5, 5.41) is 24.4. The molecule has 10 nitrogen and oxygen atoms in total. The Bertz CT molecular complexity index is 1370. The number of rotatable bonds is 21. The lowest BCUT2D eigenvalue weighted by Gasteiger charge is -2.60. The van der Waals surface area contributed by atoms with Crippen molar-refractivity contribution in [3.8, 4) is 11.5 Å². The van der Waals surface area contributed by atoms with E-state index in [4.69, 9.17) is 24.2 Å². The first-order valence-corrected chi connectivity index (χ1v) is 19.4. The zero-order valence-electron chi connectivity index (χ0n) is 30.3. The van der Waals surface area contributed by atoms with Crippen LogP contribution in [0, 0.1) is 23.7 Å². The van der Waals surface area contributed by atoms with Gasteiger partial charge in [0, 0.05) is 63.2 Å². The highest BCUT2D eigenvalue weighted by Crippen LogP contribution is 2.62. The van der Waals surface area contributed by atoms with E-state index < -0.39 is 11.8 Å². The summed E-state index contributed by atoms with van der Waals surface area (Å²) >= 11 is 0. The number of aliphatic hydroxyl groups excluding tert-OH is 2. The van der Waals surface area contributed by atoms with Crippen LogP contribution in [-0.4, -0.2) is 103 Å². The van der Waals surface area contributed by atoms with E-state index in [-0.39, 0.29) is 55.3 Å². The minimum atomic E-state index is -1.18. The summed E-state index contributed by atoms with van der Waals surface area (Å²) in [4.78, 5) is 24.4. The number of unbranched alkanes of at least 4 members (excludes halogenated alkanes) is 2. The second-order valence-corrected chi connectivity index (χ2v) is 14.7. The molecule has 50 heavy (non-hydrogen) atoms. The summed E-state index contributed by atoms with van der Waals surface area (Å²) in [5.74, 6) is 0.692. The standard InChI is InChI=1S/C40H59N3O7/c1-4-17-43(39(46)28-13-14-28)36-27-34(41-49-6-3)32-25-29(11-7-9-21-44)31(12-8-10-22-45)37-33-26-30(47-24-20-42-18-19-42)15-16-35(33)50-40(36,38(32)37)48-23-5-2/h5,15-16,25-26,28-29,31,36-38,44-45H,2,4,6-14,17-24,27H2,1,3H3. The van der Waals surface area contributed by atoms with Gasteiger partial charge in [0.15, 0.2) is 0 Å². The minimum absolute atomic E-state index is 0.0359. The van der Waals surface area contributed by atoms with Crippen LogP contribution in [-0.2, 0) is 14.4 Å². The van der Waals surface area contributed by atoms with E-state index >= 15 is 0 Å². The van der Waals surface area contributed by atoms with E-state index in [0.717, 1.165) is 106 Å². The van der Waals surface area contributed by atoms with Crippen LogP contribution < -0.4 is 9.47 Å². The Morgan fingerprint density at radius 1 is 1.14 bits per heavy atom. The number of amides is 1. The van der Waals surface area contributed by atoms with E-state index in [1.807, 2.05) is 24.0 Å². The second kappa shape index (κ2) is 17.1. The van der Waals surface area contributed by atoms with Crippen LogP contribution in [0.1, 0.15) is 89.5 Å². The zero-order valence-corrected chi connectivity index (χ0v) is 30.3. The van der Waals surface area contributed by atoms with Gasteiger partial charge in [-0.1, -0.05) is 37.1 Å². The number of ether oxygens (including phenoxy) is 3. The molecule has 2 heterocycles. The number of aliphatic hydroxyl groups is 2. The average molecular weight is 694 g/mol. The number of oxime groups is 1. The molecular weight excluding hydrogens is 634 g/mol. The van der Waals surface area contributed by atoms with E-state index in [1.165, 1.54) is 0 Å². The fraction of sp³-hybridized carbons (Fsp3) is 0.700. The molecule has 2 saturated carbocycles. The maximum Gasteiger partial charge on any atom is 0.239 e. The summed E-state index contributed by atoms with van der Waals surface area (Å²) in [5.41, 5.74) is 3.02. The SMILES string of the molecule is C=CCOC12Oc3ccc(OCCN4CC4)cc3C3C(CCCCO)C(CCCCO)C=C(C(=NOCC)CC1N(CCC)C(=O)C1CC1)C32. The molecule has 1 saturated heterocycles. The Balaban J connectivity index is 1.53. The molecule has 6 rings (SSSR count). The molecule has 276 valence electrons. The molecule has 2 N–H and O–H groups in total. The first-order valence-electron chi connectivity index (χ1n) is 19.4.